The second kappa shape index (κ2) is 4.80. The molecule has 1 aliphatic carbocycles. The van der Waals surface area contributed by atoms with Crippen molar-refractivity contribution < 1.29 is 9.47 Å². The summed E-state index contributed by atoms with van der Waals surface area (Å²) in [5.41, 5.74) is 0. The molecule has 72 valence electrons. The van der Waals surface area contributed by atoms with Crippen molar-refractivity contribution >= 4 is 0 Å². The van der Waals surface area contributed by atoms with E-state index in [-0.39, 0.29) is 0 Å². The van der Waals surface area contributed by atoms with Gasteiger partial charge in [0.2, 0.25) is 0 Å². The van der Waals surface area contributed by atoms with E-state index in [4.69, 9.17) is 9.47 Å². The maximum absolute atomic E-state index is 5.19. The molecule has 1 N–H and O–H groups in total. The highest BCUT2D eigenvalue weighted by Gasteiger charge is 2.29. The highest BCUT2D eigenvalue weighted by molar-refractivity contribution is 4.87. The van der Waals surface area contributed by atoms with E-state index in [1.54, 1.807) is 14.2 Å². The molecule has 0 amide bonds. The van der Waals surface area contributed by atoms with E-state index in [0.717, 1.165) is 19.4 Å². The molecule has 1 rings (SSSR count). The van der Waals surface area contributed by atoms with Crippen molar-refractivity contribution in [2.24, 2.45) is 0 Å². The maximum Gasteiger partial charge on any atom is 0.0613 e. The van der Waals surface area contributed by atoms with Gasteiger partial charge in [0.15, 0.2) is 0 Å². The van der Waals surface area contributed by atoms with E-state index in [9.17, 15) is 0 Å². The molecule has 1 saturated carbocycles. The van der Waals surface area contributed by atoms with Crippen LogP contribution in [0.1, 0.15) is 19.8 Å². The average molecular weight is 173 g/mol. The monoisotopic (exact) mass is 173 g/mol. The Kier molecular flexibility index (Phi) is 3.98. The Labute approximate surface area is 74.4 Å². The Morgan fingerprint density at radius 1 is 1.42 bits per heavy atom. The minimum absolute atomic E-state index is 0.456. The minimum Gasteiger partial charge on any atom is -0.383 e. The van der Waals surface area contributed by atoms with E-state index in [2.05, 4.69) is 12.2 Å². The van der Waals surface area contributed by atoms with Crippen LogP contribution in [0.25, 0.3) is 0 Å². The molecule has 0 spiro atoms. The molecule has 0 aromatic carbocycles. The maximum atomic E-state index is 5.19. The lowest BCUT2D eigenvalue weighted by Gasteiger charge is -2.36. The Bertz CT molecular complexity index is 124. The van der Waals surface area contributed by atoms with E-state index >= 15 is 0 Å². The highest BCUT2D eigenvalue weighted by atomic mass is 16.5. The number of rotatable bonds is 5. The molecule has 0 aliphatic heterocycles. The summed E-state index contributed by atoms with van der Waals surface area (Å²) in [5.74, 6) is 0. The van der Waals surface area contributed by atoms with Crippen molar-refractivity contribution in [3.8, 4) is 0 Å². The van der Waals surface area contributed by atoms with Crippen LogP contribution in [-0.2, 0) is 9.47 Å². The SMILES string of the molecule is COCC(C)NC1CC(OC)C1. The van der Waals surface area contributed by atoms with Crippen LogP contribution < -0.4 is 5.32 Å². The van der Waals surface area contributed by atoms with Gasteiger partial charge in [-0.15, -0.1) is 0 Å². The first-order valence-corrected chi connectivity index (χ1v) is 4.54. The number of methoxy groups -OCH3 is 2. The fourth-order valence-electron chi connectivity index (χ4n) is 1.59. The van der Waals surface area contributed by atoms with Gasteiger partial charge in [0, 0.05) is 26.3 Å². The van der Waals surface area contributed by atoms with Gasteiger partial charge in [-0.1, -0.05) is 0 Å². The molecular weight excluding hydrogens is 154 g/mol. The number of nitrogens with one attached hydrogen (secondary N) is 1. The van der Waals surface area contributed by atoms with Gasteiger partial charge in [-0.2, -0.15) is 0 Å². The third-order valence-corrected chi connectivity index (χ3v) is 2.37. The van der Waals surface area contributed by atoms with Crippen LogP contribution in [0, 0.1) is 0 Å². The summed E-state index contributed by atoms with van der Waals surface area (Å²) in [5, 5.41) is 3.48. The van der Waals surface area contributed by atoms with Gasteiger partial charge >= 0.3 is 0 Å². The quantitative estimate of drug-likeness (QED) is 0.666. The normalized spacial score (nSPS) is 31.2. The van der Waals surface area contributed by atoms with Gasteiger partial charge in [-0.3, -0.25) is 0 Å². The zero-order valence-electron chi connectivity index (χ0n) is 8.17. The lowest BCUT2D eigenvalue weighted by atomic mass is 9.89. The molecule has 0 heterocycles. The first-order valence-electron chi connectivity index (χ1n) is 4.54. The molecule has 1 unspecified atom stereocenters. The molecule has 0 aromatic heterocycles. The predicted octanol–water partition coefficient (Wildman–Crippen LogP) is 0.788. The fourth-order valence-corrected chi connectivity index (χ4v) is 1.59. The summed E-state index contributed by atoms with van der Waals surface area (Å²) >= 11 is 0. The minimum atomic E-state index is 0.456. The molecule has 0 radical (unpaired) electrons. The Morgan fingerprint density at radius 3 is 2.58 bits per heavy atom. The first kappa shape index (κ1) is 9.96. The Balaban J connectivity index is 2.02. The van der Waals surface area contributed by atoms with Gasteiger partial charge in [-0.25, -0.2) is 0 Å². The molecule has 12 heavy (non-hydrogen) atoms. The van der Waals surface area contributed by atoms with Crippen molar-refractivity contribution in [1.82, 2.24) is 5.32 Å². The van der Waals surface area contributed by atoms with E-state index in [1.807, 2.05) is 0 Å². The smallest absolute Gasteiger partial charge is 0.0613 e. The number of ether oxygens (including phenoxy) is 2. The second-order valence-electron chi connectivity index (χ2n) is 3.55. The van der Waals surface area contributed by atoms with Crippen LogP contribution in [0.15, 0.2) is 0 Å². The summed E-state index contributed by atoms with van der Waals surface area (Å²) in [6.07, 6.45) is 2.77. The molecule has 1 fully saturated rings. The second-order valence-corrected chi connectivity index (χ2v) is 3.55. The van der Waals surface area contributed by atoms with Crippen molar-refractivity contribution in [1.29, 1.82) is 0 Å². The summed E-state index contributed by atoms with van der Waals surface area (Å²) in [7, 11) is 3.51. The van der Waals surface area contributed by atoms with Gasteiger partial charge in [0.25, 0.3) is 0 Å². The van der Waals surface area contributed by atoms with Crippen LogP contribution >= 0.6 is 0 Å². The van der Waals surface area contributed by atoms with Crippen LogP contribution in [0.5, 0.6) is 0 Å². The van der Waals surface area contributed by atoms with E-state index < -0.39 is 0 Å². The zero-order valence-corrected chi connectivity index (χ0v) is 8.17. The van der Waals surface area contributed by atoms with Crippen molar-refractivity contribution in [2.45, 2.75) is 38.0 Å². The average Bonchev–Trinajstić information content (AvgIpc) is 1.96. The highest BCUT2D eigenvalue weighted by Crippen LogP contribution is 2.22. The molecule has 0 aromatic rings. The Hall–Kier alpha value is -0.120. The lowest BCUT2D eigenvalue weighted by Crippen LogP contribution is -2.49. The van der Waals surface area contributed by atoms with Crippen molar-refractivity contribution in [3.63, 3.8) is 0 Å². The summed E-state index contributed by atoms with van der Waals surface area (Å²) in [4.78, 5) is 0. The standard InChI is InChI=1S/C9H19NO2/c1-7(6-11-2)10-8-4-9(5-8)12-3/h7-10H,4-6H2,1-3H3. The van der Waals surface area contributed by atoms with Gasteiger partial charge in [0.05, 0.1) is 12.7 Å². The largest absolute Gasteiger partial charge is 0.383 e. The first-order chi connectivity index (χ1) is 5.76. The topological polar surface area (TPSA) is 30.5 Å². The molecular formula is C9H19NO2. The van der Waals surface area contributed by atoms with Gasteiger partial charge < -0.3 is 14.8 Å². The lowest BCUT2D eigenvalue weighted by molar-refractivity contribution is 0.0115. The fraction of sp³-hybridized carbons (Fsp3) is 1.00. The van der Waals surface area contributed by atoms with E-state index in [0.29, 0.717) is 18.2 Å². The van der Waals surface area contributed by atoms with Gasteiger partial charge in [0.1, 0.15) is 0 Å². The third-order valence-electron chi connectivity index (χ3n) is 2.37. The molecule has 0 saturated heterocycles. The molecule has 1 atom stereocenters. The van der Waals surface area contributed by atoms with Crippen LogP contribution in [0.2, 0.25) is 0 Å². The molecule has 1 aliphatic rings. The third kappa shape index (κ3) is 2.73. The molecule has 3 heteroatoms. The summed E-state index contributed by atoms with van der Waals surface area (Å²) in [6, 6.07) is 1.10. The zero-order chi connectivity index (χ0) is 8.97. The van der Waals surface area contributed by atoms with E-state index in [1.165, 1.54) is 0 Å². The van der Waals surface area contributed by atoms with Crippen LogP contribution in [0.4, 0.5) is 0 Å². The number of hydrogen-bond acceptors (Lipinski definition) is 3. The molecule has 0 bridgehead atoms. The Morgan fingerprint density at radius 2 is 2.08 bits per heavy atom. The number of hydrogen-bond donors (Lipinski definition) is 1. The van der Waals surface area contributed by atoms with Crippen molar-refractivity contribution in [3.05, 3.63) is 0 Å². The molecule has 3 nitrogen and oxygen atoms in total. The predicted molar refractivity (Wildman–Crippen MR) is 48.3 cm³/mol. The van der Waals surface area contributed by atoms with Gasteiger partial charge in [-0.05, 0) is 19.8 Å². The van der Waals surface area contributed by atoms with Crippen molar-refractivity contribution in [2.75, 3.05) is 20.8 Å². The summed E-state index contributed by atoms with van der Waals surface area (Å²) in [6.45, 7) is 2.93. The summed E-state index contributed by atoms with van der Waals surface area (Å²) < 4.78 is 10.2. The van der Waals surface area contributed by atoms with Crippen LogP contribution in [-0.4, -0.2) is 39.0 Å². The van der Waals surface area contributed by atoms with Crippen LogP contribution in [0.3, 0.4) is 0 Å².